The quantitative estimate of drug-likeness (QED) is 0.687. The monoisotopic (exact) mass is 304 g/mol. The summed E-state index contributed by atoms with van der Waals surface area (Å²) in [5.41, 5.74) is 1.29. The Balaban J connectivity index is 2.91. The second-order valence-electron chi connectivity index (χ2n) is 3.66. The lowest BCUT2D eigenvalue weighted by molar-refractivity contribution is -0.156. The van der Waals surface area contributed by atoms with Gasteiger partial charge < -0.3 is 9.84 Å². The predicted octanol–water partition coefficient (Wildman–Crippen LogP) is 2.65. The Labute approximate surface area is 108 Å². The standard InChI is InChI=1S/C12H14BrFO3/c1-3-17-11(16)12(13,14)10(15)9-6-4-8(2)5-7-9/h4-7,10,15H,3H2,1-2H3/t10-,12+/m0/s1. The maximum Gasteiger partial charge on any atom is 0.358 e. The van der Waals surface area contributed by atoms with Gasteiger partial charge in [-0.3, -0.25) is 0 Å². The summed E-state index contributed by atoms with van der Waals surface area (Å²) < 4.78 is 16.0. The van der Waals surface area contributed by atoms with E-state index in [1.54, 1.807) is 31.2 Å². The van der Waals surface area contributed by atoms with Gasteiger partial charge in [0.25, 0.3) is 4.58 Å². The third-order valence-corrected chi connectivity index (χ3v) is 3.04. The molecule has 1 N–H and O–H groups in total. The van der Waals surface area contributed by atoms with Gasteiger partial charge in [-0.05, 0) is 35.3 Å². The molecule has 2 atom stereocenters. The summed E-state index contributed by atoms with van der Waals surface area (Å²) in [6.45, 7) is 3.49. The predicted molar refractivity (Wildman–Crippen MR) is 65.5 cm³/mol. The number of hydrogen-bond donors (Lipinski definition) is 1. The molecule has 0 saturated heterocycles. The molecule has 0 unspecified atom stereocenters. The Hall–Kier alpha value is -0.940. The van der Waals surface area contributed by atoms with Crippen molar-refractivity contribution in [2.45, 2.75) is 24.5 Å². The number of esters is 1. The molecule has 0 radical (unpaired) electrons. The molecule has 0 spiro atoms. The van der Waals surface area contributed by atoms with Gasteiger partial charge in [-0.15, -0.1) is 0 Å². The Morgan fingerprint density at radius 2 is 2.06 bits per heavy atom. The van der Waals surface area contributed by atoms with Crippen LogP contribution in [0.4, 0.5) is 4.39 Å². The van der Waals surface area contributed by atoms with E-state index in [1.807, 2.05) is 6.92 Å². The van der Waals surface area contributed by atoms with Crippen molar-refractivity contribution in [2.24, 2.45) is 0 Å². The van der Waals surface area contributed by atoms with Gasteiger partial charge in [0.2, 0.25) is 0 Å². The Morgan fingerprint density at radius 1 is 1.53 bits per heavy atom. The summed E-state index contributed by atoms with van der Waals surface area (Å²) in [4.78, 5) is 11.3. The molecule has 3 nitrogen and oxygen atoms in total. The average molecular weight is 305 g/mol. The summed E-state index contributed by atoms with van der Waals surface area (Å²) >= 11 is 2.58. The van der Waals surface area contributed by atoms with E-state index in [0.717, 1.165) is 5.56 Å². The fourth-order valence-corrected chi connectivity index (χ4v) is 1.68. The van der Waals surface area contributed by atoms with Crippen molar-refractivity contribution in [3.8, 4) is 0 Å². The van der Waals surface area contributed by atoms with E-state index in [0.29, 0.717) is 5.56 Å². The first kappa shape index (κ1) is 14.1. The zero-order valence-corrected chi connectivity index (χ0v) is 11.2. The zero-order valence-electron chi connectivity index (χ0n) is 9.61. The maximum atomic E-state index is 14.0. The molecule has 1 aromatic carbocycles. The van der Waals surface area contributed by atoms with Crippen LogP contribution in [-0.2, 0) is 9.53 Å². The third-order valence-electron chi connectivity index (χ3n) is 2.28. The van der Waals surface area contributed by atoms with E-state index in [1.165, 1.54) is 0 Å². The molecular weight excluding hydrogens is 291 g/mol. The second-order valence-corrected chi connectivity index (χ2v) is 4.81. The first-order valence-electron chi connectivity index (χ1n) is 5.19. The van der Waals surface area contributed by atoms with Gasteiger partial charge in [0.1, 0.15) is 6.10 Å². The summed E-state index contributed by atoms with van der Waals surface area (Å²) in [7, 11) is 0. The number of halogens is 2. The third kappa shape index (κ3) is 3.26. The summed E-state index contributed by atoms with van der Waals surface area (Å²) in [5.74, 6) is -1.13. The molecule has 0 amide bonds. The molecule has 0 saturated carbocycles. The summed E-state index contributed by atoms with van der Waals surface area (Å²) in [5, 5.41) is 9.81. The highest BCUT2D eigenvalue weighted by atomic mass is 79.9. The van der Waals surface area contributed by atoms with Crippen molar-refractivity contribution >= 4 is 21.9 Å². The smallest absolute Gasteiger partial charge is 0.358 e. The first-order chi connectivity index (χ1) is 7.89. The largest absolute Gasteiger partial charge is 0.463 e. The zero-order chi connectivity index (χ0) is 13.1. The molecule has 1 rings (SSSR count). The van der Waals surface area contributed by atoms with Crippen LogP contribution in [0.1, 0.15) is 24.2 Å². The summed E-state index contributed by atoms with van der Waals surface area (Å²) in [6, 6.07) is 6.59. The van der Waals surface area contributed by atoms with Crippen molar-refractivity contribution in [3.05, 3.63) is 35.4 Å². The molecule has 17 heavy (non-hydrogen) atoms. The van der Waals surface area contributed by atoms with E-state index >= 15 is 0 Å². The van der Waals surface area contributed by atoms with Crippen LogP contribution in [0.25, 0.3) is 0 Å². The van der Waals surface area contributed by atoms with Gasteiger partial charge >= 0.3 is 5.97 Å². The molecule has 1 aromatic rings. The van der Waals surface area contributed by atoms with Gasteiger partial charge in [-0.2, -0.15) is 0 Å². The Morgan fingerprint density at radius 3 is 2.53 bits per heavy atom. The fraction of sp³-hybridized carbons (Fsp3) is 0.417. The molecular formula is C12H14BrFO3. The Bertz CT molecular complexity index is 389. The van der Waals surface area contributed by atoms with Crippen LogP contribution in [0.3, 0.4) is 0 Å². The minimum atomic E-state index is -2.63. The van der Waals surface area contributed by atoms with Crippen molar-refractivity contribution in [3.63, 3.8) is 0 Å². The van der Waals surface area contributed by atoms with Crippen LogP contribution < -0.4 is 0 Å². The van der Waals surface area contributed by atoms with Crippen molar-refractivity contribution < 1.29 is 19.0 Å². The van der Waals surface area contributed by atoms with Crippen LogP contribution in [0, 0.1) is 6.92 Å². The topological polar surface area (TPSA) is 46.5 Å². The highest BCUT2D eigenvalue weighted by molar-refractivity contribution is 9.10. The average Bonchev–Trinajstić information content (AvgIpc) is 2.29. The highest BCUT2D eigenvalue weighted by Gasteiger charge is 2.45. The van der Waals surface area contributed by atoms with Crippen LogP contribution in [-0.4, -0.2) is 22.3 Å². The van der Waals surface area contributed by atoms with Crippen LogP contribution in [0.15, 0.2) is 24.3 Å². The van der Waals surface area contributed by atoms with Crippen LogP contribution in [0.5, 0.6) is 0 Å². The van der Waals surface area contributed by atoms with Gasteiger partial charge in [-0.1, -0.05) is 29.8 Å². The van der Waals surface area contributed by atoms with Crippen LogP contribution >= 0.6 is 15.9 Å². The molecule has 94 valence electrons. The summed E-state index contributed by atoms with van der Waals surface area (Å²) in [6.07, 6.45) is -1.61. The number of alkyl halides is 2. The van der Waals surface area contributed by atoms with E-state index in [2.05, 4.69) is 20.7 Å². The number of aliphatic hydroxyl groups is 1. The van der Waals surface area contributed by atoms with Gasteiger partial charge in [0.15, 0.2) is 0 Å². The minimum Gasteiger partial charge on any atom is -0.463 e. The molecule has 0 aromatic heterocycles. The van der Waals surface area contributed by atoms with E-state index < -0.39 is 16.7 Å². The lowest BCUT2D eigenvalue weighted by atomic mass is 10.0. The molecule has 0 heterocycles. The number of aryl methyl sites for hydroxylation is 1. The van der Waals surface area contributed by atoms with Crippen molar-refractivity contribution in [1.82, 2.24) is 0 Å². The SMILES string of the molecule is CCOC(=O)[C@@](F)(Br)[C@@H](O)c1ccc(C)cc1. The number of benzene rings is 1. The number of ether oxygens (including phenoxy) is 1. The molecule has 0 aliphatic heterocycles. The molecule has 0 aliphatic carbocycles. The number of aliphatic hydroxyl groups excluding tert-OH is 1. The van der Waals surface area contributed by atoms with Crippen molar-refractivity contribution in [1.29, 1.82) is 0 Å². The second kappa shape index (κ2) is 5.60. The number of carbonyl (C=O) groups is 1. The molecule has 0 bridgehead atoms. The lowest BCUT2D eigenvalue weighted by Crippen LogP contribution is -2.35. The lowest BCUT2D eigenvalue weighted by Gasteiger charge is -2.22. The Kier molecular flexibility index (Phi) is 4.65. The molecule has 0 fully saturated rings. The normalized spacial score (nSPS) is 16.1. The van der Waals surface area contributed by atoms with Gasteiger partial charge in [-0.25, -0.2) is 9.18 Å². The number of carbonyl (C=O) groups excluding carboxylic acids is 1. The van der Waals surface area contributed by atoms with Gasteiger partial charge in [0.05, 0.1) is 6.61 Å². The number of hydrogen-bond acceptors (Lipinski definition) is 3. The molecule has 5 heteroatoms. The first-order valence-corrected chi connectivity index (χ1v) is 5.98. The highest BCUT2D eigenvalue weighted by Crippen LogP contribution is 2.36. The van der Waals surface area contributed by atoms with E-state index in [-0.39, 0.29) is 6.61 Å². The van der Waals surface area contributed by atoms with Gasteiger partial charge in [0, 0.05) is 0 Å². The van der Waals surface area contributed by atoms with Crippen molar-refractivity contribution in [2.75, 3.05) is 6.61 Å². The van der Waals surface area contributed by atoms with E-state index in [9.17, 15) is 14.3 Å². The fourth-order valence-electron chi connectivity index (χ4n) is 1.30. The van der Waals surface area contributed by atoms with E-state index in [4.69, 9.17) is 0 Å². The maximum absolute atomic E-state index is 14.0. The number of rotatable bonds is 4. The minimum absolute atomic E-state index is 0.0523. The molecule has 0 aliphatic rings. The van der Waals surface area contributed by atoms with Crippen LogP contribution in [0.2, 0.25) is 0 Å².